The first-order chi connectivity index (χ1) is 11.2. The van der Waals surface area contributed by atoms with Gasteiger partial charge in [-0.25, -0.2) is 0 Å². The Morgan fingerprint density at radius 1 is 1.22 bits per heavy atom. The van der Waals surface area contributed by atoms with Crippen molar-refractivity contribution in [2.24, 2.45) is 0 Å². The Morgan fingerprint density at radius 3 is 2.70 bits per heavy atom. The number of benzene rings is 2. The monoisotopic (exact) mass is 326 g/mol. The highest BCUT2D eigenvalue weighted by Crippen LogP contribution is 2.19. The van der Waals surface area contributed by atoms with E-state index in [4.69, 9.17) is 17.0 Å². The minimum atomic E-state index is 0.191. The van der Waals surface area contributed by atoms with E-state index in [1.165, 1.54) is 5.56 Å². The minimum Gasteiger partial charge on any atom is -0.489 e. The highest BCUT2D eigenvalue weighted by atomic mass is 32.1. The molecule has 3 nitrogen and oxygen atoms in total. The van der Waals surface area contributed by atoms with Crippen LogP contribution in [-0.4, -0.2) is 11.7 Å². The van der Waals surface area contributed by atoms with Gasteiger partial charge in [-0.2, -0.15) is 0 Å². The number of hydrogen-bond acceptors (Lipinski definition) is 2. The lowest BCUT2D eigenvalue weighted by atomic mass is 10.1. The fourth-order valence-electron chi connectivity index (χ4n) is 2.25. The lowest BCUT2D eigenvalue weighted by Gasteiger charge is -2.20. The van der Waals surface area contributed by atoms with Crippen molar-refractivity contribution in [2.45, 2.75) is 19.4 Å². The van der Waals surface area contributed by atoms with Crippen LogP contribution in [0.25, 0.3) is 0 Å². The molecular formula is C19H22N2OS. The SMILES string of the molecule is C=CCOc1cccc(NC(=S)N[C@@H](CC)c2ccccc2)c1. The normalized spacial score (nSPS) is 11.3. The van der Waals surface area contributed by atoms with Crippen molar-refractivity contribution in [2.75, 3.05) is 11.9 Å². The Morgan fingerprint density at radius 2 is 2.00 bits per heavy atom. The first-order valence-electron chi connectivity index (χ1n) is 7.69. The van der Waals surface area contributed by atoms with Crippen LogP contribution in [0.15, 0.2) is 67.3 Å². The van der Waals surface area contributed by atoms with Crippen LogP contribution in [0.4, 0.5) is 5.69 Å². The summed E-state index contributed by atoms with van der Waals surface area (Å²) in [5.74, 6) is 0.785. The van der Waals surface area contributed by atoms with E-state index in [0.717, 1.165) is 17.9 Å². The second-order valence-electron chi connectivity index (χ2n) is 5.10. The zero-order chi connectivity index (χ0) is 16.5. The summed E-state index contributed by atoms with van der Waals surface area (Å²) in [5.41, 5.74) is 2.12. The Labute approximate surface area is 143 Å². The fourth-order valence-corrected chi connectivity index (χ4v) is 2.51. The lowest BCUT2D eigenvalue weighted by Crippen LogP contribution is -2.32. The average molecular weight is 326 g/mol. The van der Waals surface area contributed by atoms with Gasteiger partial charge < -0.3 is 15.4 Å². The van der Waals surface area contributed by atoms with Crippen molar-refractivity contribution in [3.63, 3.8) is 0 Å². The summed E-state index contributed by atoms with van der Waals surface area (Å²) in [5, 5.41) is 7.16. The van der Waals surface area contributed by atoms with Gasteiger partial charge in [-0.15, -0.1) is 0 Å². The molecule has 2 aromatic carbocycles. The molecular weight excluding hydrogens is 304 g/mol. The van der Waals surface area contributed by atoms with Crippen LogP contribution in [0.3, 0.4) is 0 Å². The fraction of sp³-hybridized carbons (Fsp3) is 0.211. The van der Waals surface area contributed by atoms with Crippen molar-refractivity contribution in [3.05, 3.63) is 72.8 Å². The molecule has 0 saturated carbocycles. The highest BCUT2D eigenvalue weighted by molar-refractivity contribution is 7.80. The van der Waals surface area contributed by atoms with Gasteiger partial charge in [0.25, 0.3) is 0 Å². The smallest absolute Gasteiger partial charge is 0.171 e. The zero-order valence-corrected chi connectivity index (χ0v) is 14.1. The summed E-state index contributed by atoms with van der Waals surface area (Å²) in [4.78, 5) is 0. The minimum absolute atomic E-state index is 0.191. The molecule has 23 heavy (non-hydrogen) atoms. The number of rotatable bonds is 7. The van der Waals surface area contributed by atoms with Gasteiger partial charge in [0, 0.05) is 11.8 Å². The van der Waals surface area contributed by atoms with E-state index in [-0.39, 0.29) is 6.04 Å². The summed E-state index contributed by atoms with van der Waals surface area (Å²) in [6.07, 6.45) is 2.67. The third-order valence-corrected chi connectivity index (χ3v) is 3.60. The van der Waals surface area contributed by atoms with Crippen molar-refractivity contribution >= 4 is 23.0 Å². The highest BCUT2D eigenvalue weighted by Gasteiger charge is 2.10. The standard InChI is InChI=1S/C19H22N2OS/c1-3-13-22-17-12-8-11-16(14-17)20-19(23)21-18(4-2)15-9-6-5-7-10-15/h3,5-12,14,18H,1,4,13H2,2H3,(H2,20,21,23)/t18-/m0/s1. The molecule has 0 heterocycles. The van der Waals surface area contributed by atoms with Gasteiger partial charge in [0.15, 0.2) is 5.11 Å². The number of ether oxygens (including phenoxy) is 1. The van der Waals surface area contributed by atoms with E-state index in [1.807, 2.05) is 42.5 Å². The molecule has 2 rings (SSSR count). The number of thiocarbonyl (C=S) groups is 1. The maximum Gasteiger partial charge on any atom is 0.171 e. The van der Waals surface area contributed by atoms with Crippen LogP contribution < -0.4 is 15.4 Å². The van der Waals surface area contributed by atoms with Crippen molar-refractivity contribution < 1.29 is 4.74 Å². The van der Waals surface area contributed by atoms with E-state index < -0.39 is 0 Å². The topological polar surface area (TPSA) is 33.3 Å². The maximum atomic E-state index is 5.53. The van der Waals surface area contributed by atoms with Gasteiger partial charge in [-0.05, 0) is 36.3 Å². The molecule has 0 aliphatic heterocycles. The molecule has 4 heteroatoms. The van der Waals surface area contributed by atoms with Crippen molar-refractivity contribution in [1.82, 2.24) is 5.32 Å². The van der Waals surface area contributed by atoms with Crippen LogP contribution >= 0.6 is 12.2 Å². The molecule has 0 unspecified atom stereocenters. The average Bonchev–Trinajstić information content (AvgIpc) is 2.59. The van der Waals surface area contributed by atoms with Gasteiger partial charge in [0.05, 0.1) is 6.04 Å². The summed E-state index contributed by atoms with van der Waals surface area (Å²) >= 11 is 5.43. The van der Waals surface area contributed by atoms with E-state index >= 15 is 0 Å². The van der Waals surface area contributed by atoms with Gasteiger partial charge in [0.1, 0.15) is 12.4 Å². The molecule has 1 atom stereocenters. The first-order valence-corrected chi connectivity index (χ1v) is 8.10. The number of anilines is 1. The van der Waals surface area contributed by atoms with Crippen LogP contribution in [0, 0.1) is 0 Å². The second kappa shape index (κ2) is 8.96. The molecule has 0 saturated heterocycles. The molecule has 0 fully saturated rings. The van der Waals surface area contributed by atoms with E-state index in [9.17, 15) is 0 Å². The van der Waals surface area contributed by atoms with Crippen LogP contribution in [0.2, 0.25) is 0 Å². The second-order valence-corrected chi connectivity index (χ2v) is 5.51. The molecule has 0 aliphatic rings. The predicted octanol–water partition coefficient (Wildman–Crippen LogP) is 4.69. The molecule has 0 aliphatic carbocycles. The molecule has 0 amide bonds. The first kappa shape index (κ1) is 17.0. The third-order valence-electron chi connectivity index (χ3n) is 3.38. The number of nitrogens with one attached hydrogen (secondary N) is 2. The molecule has 2 aromatic rings. The summed E-state index contributed by atoms with van der Waals surface area (Å²) < 4.78 is 5.53. The van der Waals surface area contributed by atoms with Gasteiger partial charge in [-0.3, -0.25) is 0 Å². The lowest BCUT2D eigenvalue weighted by molar-refractivity contribution is 0.363. The largest absolute Gasteiger partial charge is 0.489 e. The maximum absolute atomic E-state index is 5.53. The van der Waals surface area contributed by atoms with Crippen molar-refractivity contribution in [1.29, 1.82) is 0 Å². The molecule has 0 aromatic heterocycles. The quantitative estimate of drug-likeness (QED) is 0.571. The van der Waals surface area contributed by atoms with E-state index in [2.05, 4.69) is 36.3 Å². The third kappa shape index (κ3) is 5.42. The van der Waals surface area contributed by atoms with Crippen molar-refractivity contribution in [3.8, 4) is 5.75 Å². The molecule has 120 valence electrons. The summed E-state index contributed by atoms with van der Waals surface area (Å²) in [6.45, 7) is 6.27. The Bertz CT molecular complexity index is 643. The number of hydrogen-bond donors (Lipinski definition) is 2. The molecule has 0 spiro atoms. The van der Waals surface area contributed by atoms with Crippen LogP contribution in [0.1, 0.15) is 24.9 Å². The molecule has 0 radical (unpaired) electrons. The zero-order valence-electron chi connectivity index (χ0n) is 13.3. The summed E-state index contributed by atoms with van der Waals surface area (Å²) in [6, 6.07) is 18.2. The van der Waals surface area contributed by atoms with Gasteiger partial charge in [0.2, 0.25) is 0 Å². The Kier molecular flexibility index (Phi) is 6.63. The van der Waals surface area contributed by atoms with Crippen LogP contribution in [-0.2, 0) is 0 Å². The Balaban J connectivity index is 1.97. The predicted molar refractivity (Wildman–Crippen MR) is 101 cm³/mol. The molecule has 0 bridgehead atoms. The van der Waals surface area contributed by atoms with Gasteiger partial charge >= 0.3 is 0 Å². The Hall–Kier alpha value is -2.33. The van der Waals surface area contributed by atoms with Crippen LogP contribution in [0.5, 0.6) is 5.75 Å². The molecule has 2 N–H and O–H groups in total. The van der Waals surface area contributed by atoms with E-state index in [0.29, 0.717) is 11.7 Å². The van der Waals surface area contributed by atoms with Gasteiger partial charge in [-0.1, -0.05) is 56.0 Å². The van der Waals surface area contributed by atoms with E-state index in [1.54, 1.807) is 6.08 Å². The summed E-state index contributed by atoms with van der Waals surface area (Å²) in [7, 11) is 0.